The number of anilines is 1. The van der Waals surface area contributed by atoms with Crippen molar-refractivity contribution in [1.82, 2.24) is 20.1 Å². The molecule has 1 N–H and O–H groups in total. The standard InChI is InChI=1S/C20H21F2N5/c21-16-11-26(12-16)17-1-2-18(22)19(8-17)27-10-15-7-14(9-24-20(15)25-27)13-3-5-23-6-4-13/h1-2,7-10,13,16,23H,3-6,11-12H2. The van der Waals surface area contributed by atoms with Gasteiger partial charge in [-0.1, -0.05) is 0 Å². The third-order valence-corrected chi connectivity index (χ3v) is 5.57. The molecule has 3 aromatic rings. The second kappa shape index (κ2) is 6.56. The van der Waals surface area contributed by atoms with Crippen molar-refractivity contribution < 1.29 is 8.78 Å². The van der Waals surface area contributed by atoms with E-state index in [0.29, 0.717) is 30.3 Å². The third kappa shape index (κ3) is 3.06. The van der Waals surface area contributed by atoms with Gasteiger partial charge in [0.1, 0.15) is 17.7 Å². The molecule has 5 rings (SSSR count). The molecule has 0 unspecified atom stereocenters. The molecule has 140 valence electrons. The minimum atomic E-state index is -0.802. The number of hydrogen-bond acceptors (Lipinski definition) is 4. The fourth-order valence-electron chi connectivity index (χ4n) is 3.94. The van der Waals surface area contributed by atoms with E-state index in [1.165, 1.54) is 16.3 Å². The smallest absolute Gasteiger partial charge is 0.181 e. The zero-order chi connectivity index (χ0) is 18.4. The molecule has 5 nitrogen and oxygen atoms in total. The molecule has 2 fully saturated rings. The molecule has 0 radical (unpaired) electrons. The zero-order valence-corrected chi connectivity index (χ0v) is 14.9. The number of benzene rings is 1. The third-order valence-electron chi connectivity index (χ3n) is 5.57. The van der Waals surface area contributed by atoms with Crippen LogP contribution in [0.1, 0.15) is 24.3 Å². The van der Waals surface area contributed by atoms with Gasteiger partial charge in [-0.2, -0.15) is 0 Å². The number of nitrogens with zero attached hydrogens (tertiary/aromatic N) is 4. The first-order valence-electron chi connectivity index (χ1n) is 9.42. The highest BCUT2D eigenvalue weighted by Gasteiger charge is 2.27. The lowest BCUT2D eigenvalue weighted by Crippen LogP contribution is -2.48. The fraction of sp³-hybridized carbons (Fsp3) is 0.400. The summed E-state index contributed by atoms with van der Waals surface area (Å²) >= 11 is 0. The molecule has 2 aliphatic heterocycles. The molecule has 2 saturated heterocycles. The van der Waals surface area contributed by atoms with E-state index in [1.807, 2.05) is 17.3 Å². The Kier molecular flexibility index (Phi) is 4.04. The molecule has 4 heterocycles. The van der Waals surface area contributed by atoms with Crippen LogP contribution < -0.4 is 10.2 Å². The summed E-state index contributed by atoms with van der Waals surface area (Å²) in [7, 11) is 0. The van der Waals surface area contributed by atoms with E-state index >= 15 is 0 Å². The Morgan fingerprint density at radius 2 is 1.93 bits per heavy atom. The molecule has 0 spiro atoms. The second-order valence-electron chi connectivity index (χ2n) is 7.42. The van der Waals surface area contributed by atoms with Crippen LogP contribution in [0.5, 0.6) is 0 Å². The highest BCUT2D eigenvalue weighted by Crippen LogP contribution is 2.29. The first kappa shape index (κ1) is 16.6. The Balaban J connectivity index is 1.48. The van der Waals surface area contributed by atoms with Crippen LogP contribution in [-0.4, -0.2) is 47.1 Å². The van der Waals surface area contributed by atoms with Crippen LogP contribution in [0.3, 0.4) is 0 Å². The van der Waals surface area contributed by atoms with Gasteiger partial charge in [0.2, 0.25) is 0 Å². The normalized spacial score (nSPS) is 18.8. The number of fused-ring (bicyclic) bond motifs is 1. The number of hydrogen-bond donors (Lipinski definition) is 1. The fourth-order valence-corrected chi connectivity index (χ4v) is 3.94. The molecular weight excluding hydrogens is 348 g/mol. The van der Waals surface area contributed by atoms with Gasteiger partial charge in [-0.25, -0.2) is 18.4 Å². The summed E-state index contributed by atoms with van der Waals surface area (Å²) < 4.78 is 29.1. The average molecular weight is 369 g/mol. The van der Waals surface area contributed by atoms with Gasteiger partial charge >= 0.3 is 0 Å². The molecule has 0 amide bonds. The maximum atomic E-state index is 14.4. The highest BCUT2D eigenvalue weighted by molar-refractivity contribution is 5.75. The first-order chi connectivity index (χ1) is 13.2. The Morgan fingerprint density at radius 1 is 1.11 bits per heavy atom. The van der Waals surface area contributed by atoms with Crippen molar-refractivity contribution in [3.8, 4) is 5.69 Å². The maximum Gasteiger partial charge on any atom is 0.181 e. The number of alkyl halides is 1. The van der Waals surface area contributed by atoms with Gasteiger partial charge in [-0.3, -0.25) is 0 Å². The van der Waals surface area contributed by atoms with Crippen LogP contribution in [-0.2, 0) is 0 Å². The van der Waals surface area contributed by atoms with Crippen molar-refractivity contribution in [3.05, 3.63) is 48.0 Å². The van der Waals surface area contributed by atoms with Crippen LogP contribution >= 0.6 is 0 Å². The van der Waals surface area contributed by atoms with Crippen LogP contribution in [0.4, 0.5) is 14.5 Å². The summed E-state index contributed by atoms with van der Waals surface area (Å²) in [4.78, 5) is 6.39. The van der Waals surface area contributed by atoms with E-state index in [1.54, 1.807) is 12.1 Å². The van der Waals surface area contributed by atoms with Crippen LogP contribution in [0.25, 0.3) is 16.7 Å². The van der Waals surface area contributed by atoms with Gasteiger partial charge in [-0.15, -0.1) is 5.10 Å². The predicted molar refractivity (Wildman–Crippen MR) is 101 cm³/mol. The van der Waals surface area contributed by atoms with E-state index in [4.69, 9.17) is 0 Å². The van der Waals surface area contributed by atoms with E-state index in [0.717, 1.165) is 37.0 Å². The maximum absolute atomic E-state index is 14.4. The molecular formula is C20H21F2N5. The number of rotatable bonds is 3. The summed E-state index contributed by atoms with van der Waals surface area (Å²) in [5, 5.41) is 8.73. The molecule has 2 aliphatic rings. The lowest BCUT2D eigenvalue weighted by molar-refractivity contribution is 0.275. The van der Waals surface area contributed by atoms with Gasteiger partial charge in [0, 0.05) is 23.5 Å². The van der Waals surface area contributed by atoms with Crippen molar-refractivity contribution in [2.75, 3.05) is 31.1 Å². The van der Waals surface area contributed by atoms with Crippen LogP contribution in [0.15, 0.2) is 36.7 Å². The molecule has 2 aromatic heterocycles. The molecule has 0 saturated carbocycles. The molecule has 27 heavy (non-hydrogen) atoms. The Hall–Kier alpha value is -2.54. The number of piperidine rings is 1. The second-order valence-corrected chi connectivity index (χ2v) is 7.42. The van der Waals surface area contributed by atoms with Gasteiger partial charge in [0.15, 0.2) is 5.65 Å². The Bertz CT molecular complexity index is 974. The number of pyridine rings is 1. The minimum absolute atomic E-state index is 0.354. The van der Waals surface area contributed by atoms with E-state index < -0.39 is 6.17 Å². The van der Waals surface area contributed by atoms with Crippen molar-refractivity contribution in [2.45, 2.75) is 24.9 Å². The van der Waals surface area contributed by atoms with Crippen LogP contribution in [0, 0.1) is 5.82 Å². The molecule has 0 aliphatic carbocycles. The number of nitrogens with one attached hydrogen (secondary N) is 1. The molecule has 0 atom stereocenters. The molecule has 1 aromatic carbocycles. The first-order valence-corrected chi connectivity index (χ1v) is 9.42. The van der Waals surface area contributed by atoms with Gasteiger partial charge in [0.25, 0.3) is 0 Å². The summed E-state index contributed by atoms with van der Waals surface area (Å²) in [5.74, 6) is 0.147. The van der Waals surface area contributed by atoms with Crippen molar-refractivity contribution in [2.24, 2.45) is 0 Å². The quantitative estimate of drug-likeness (QED) is 0.770. The Morgan fingerprint density at radius 3 is 2.70 bits per heavy atom. The average Bonchev–Trinajstić information content (AvgIpc) is 3.10. The largest absolute Gasteiger partial charge is 0.365 e. The minimum Gasteiger partial charge on any atom is -0.365 e. The van der Waals surface area contributed by atoms with Gasteiger partial charge in [0.05, 0.1) is 13.1 Å². The topological polar surface area (TPSA) is 46.0 Å². The van der Waals surface area contributed by atoms with Crippen molar-refractivity contribution >= 4 is 16.7 Å². The van der Waals surface area contributed by atoms with E-state index in [-0.39, 0.29) is 5.82 Å². The lowest BCUT2D eigenvalue weighted by atomic mass is 9.91. The lowest BCUT2D eigenvalue weighted by Gasteiger charge is -2.36. The summed E-state index contributed by atoms with van der Waals surface area (Å²) in [6.07, 6.45) is 5.11. The summed E-state index contributed by atoms with van der Waals surface area (Å²) in [6, 6.07) is 6.94. The van der Waals surface area contributed by atoms with Crippen molar-refractivity contribution in [3.63, 3.8) is 0 Å². The van der Waals surface area contributed by atoms with Crippen molar-refractivity contribution in [1.29, 1.82) is 0 Å². The number of halogens is 2. The van der Waals surface area contributed by atoms with Gasteiger partial charge < -0.3 is 10.2 Å². The van der Waals surface area contributed by atoms with Gasteiger partial charge in [-0.05, 0) is 61.7 Å². The highest BCUT2D eigenvalue weighted by atomic mass is 19.1. The predicted octanol–water partition coefficient (Wildman–Crippen LogP) is 3.18. The van der Waals surface area contributed by atoms with Crippen LogP contribution in [0.2, 0.25) is 0 Å². The van der Waals surface area contributed by atoms with E-state index in [9.17, 15) is 8.78 Å². The zero-order valence-electron chi connectivity index (χ0n) is 14.9. The summed E-state index contributed by atoms with van der Waals surface area (Å²) in [5.41, 5.74) is 2.98. The number of aromatic nitrogens is 3. The van der Waals surface area contributed by atoms with E-state index in [2.05, 4.69) is 21.5 Å². The molecule has 0 bridgehead atoms. The molecule has 7 heteroatoms. The monoisotopic (exact) mass is 369 g/mol. The Labute approximate surface area is 156 Å². The summed E-state index contributed by atoms with van der Waals surface area (Å²) in [6.45, 7) is 2.76. The SMILES string of the molecule is Fc1ccc(N2CC(F)C2)cc1-n1cc2cc(C3CCNCC3)cnc2n1.